The Balaban J connectivity index is 2.39. The minimum absolute atomic E-state index is 0.151. The Bertz CT molecular complexity index is 605. The Morgan fingerprint density at radius 3 is 2.30 bits per heavy atom. The summed E-state index contributed by atoms with van der Waals surface area (Å²) in [5.41, 5.74) is 3.57. The first-order valence-corrected chi connectivity index (χ1v) is 7.55. The van der Waals surface area contributed by atoms with Crippen molar-refractivity contribution in [3.05, 3.63) is 75.7 Å². The highest BCUT2D eigenvalue weighted by atomic mass is 79.9. The van der Waals surface area contributed by atoms with Crippen molar-refractivity contribution in [2.24, 2.45) is 0 Å². The summed E-state index contributed by atoms with van der Waals surface area (Å²) >= 11 is 9.59. The highest BCUT2D eigenvalue weighted by Crippen LogP contribution is 2.33. The maximum Gasteiger partial charge on any atom is 0.0417 e. The van der Waals surface area contributed by atoms with E-state index in [1.807, 2.05) is 38.4 Å². The Morgan fingerprint density at radius 1 is 1.15 bits per heavy atom. The molecule has 2 aromatic carbocycles. The van der Waals surface area contributed by atoms with E-state index in [1.165, 1.54) is 16.8 Å². The summed E-state index contributed by atoms with van der Waals surface area (Å²) in [5.74, 6) is 0.151. The van der Waals surface area contributed by atoms with Crippen LogP contribution >= 0.6 is 27.5 Å². The van der Waals surface area contributed by atoms with E-state index >= 15 is 0 Å². The van der Waals surface area contributed by atoms with Gasteiger partial charge in [-0.2, -0.15) is 0 Å². The van der Waals surface area contributed by atoms with Crippen LogP contribution in [0.4, 0.5) is 5.69 Å². The predicted molar refractivity (Wildman–Crippen MR) is 92.0 cm³/mol. The van der Waals surface area contributed by atoms with Gasteiger partial charge in [-0.25, -0.2) is 0 Å². The van der Waals surface area contributed by atoms with E-state index in [0.29, 0.717) is 0 Å². The molecule has 0 saturated carbocycles. The van der Waals surface area contributed by atoms with Gasteiger partial charge in [-0.3, -0.25) is 0 Å². The molecule has 0 spiro atoms. The third-order valence-corrected chi connectivity index (χ3v) is 4.22. The molecule has 1 nitrogen and oxygen atoms in total. The molecule has 0 fully saturated rings. The van der Waals surface area contributed by atoms with Gasteiger partial charge in [-0.05, 0) is 35.4 Å². The number of hydrogen-bond acceptors (Lipinski definition) is 1. The van der Waals surface area contributed by atoms with Gasteiger partial charge in [0.1, 0.15) is 0 Å². The van der Waals surface area contributed by atoms with Gasteiger partial charge in [0.15, 0.2) is 0 Å². The summed E-state index contributed by atoms with van der Waals surface area (Å²) in [6.45, 7) is 3.97. The third-order valence-electron chi connectivity index (χ3n) is 3.30. The fourth-order valence-corrected chi connectivity index (χ4v) is 3.11. The lowest BCUT2D eigenvalue weighted by Gasteiger charge is -2.18. The molecule has 0 aliphatic rings. The Labute approximate surface area is 134 Å². The number of halogens is 2. The molecule has 2 aromatic rings. The van der Waals surface area contributed by atoms with Crippen molar-refractivity contribution in [1.29, 1.82) is 0 Å². The van der Waals surface area contributed by atoms with Crippen molar-refractivity contribution < 1.29 is 0 Å². The van der Waals surface area contributed by atoms with Crippen molar-refractivity contribution in [3.63, 3.8) is 0 Å². The molecular weight excluding hydrogens is 334 g/mol. The highest BCUT2D eigenvalue weighted by Gasteiger charge is 2.14. The van der Waals surface area contributed by atoms with E-state index in [-0.39, 0.29) is 5.92 Å². The van der Waals surface area contributed by atoms with Gasteiger partial charge in [-0.15, -0.1) is 6.58 Å². The highest BCUT2D eigenvalue weighted by molar-refractivity contribution is 9.10. The molecule has 0 N–H and O–H groups in total. The van der Waals surface area contributed by atoms with Gasteiger partial charge < -0.3 is 4.90 Å². The SMILES string of the molecule is C=C[C@@H](c1ccc(N(C)C)cc1)c1ccc(Cl)cc1Br. The van der Waals surface area contributed by atoms with Gasteiger partial charge >= 0.3 is 0 Å². The maximum atomic E-state index is 6.01. The van der Waals surface area contributed by atoms with Gasteiger partial charge in [0, 0.05) is 35.2 Å². The molecule has 0 amide bonds. The first-order chi connectivity index (χ1) is 9.52. The van der Waals surface area contributed by atoms with Crippen molar-refractivity contribution in [2.75, 3.05) is 19.0 Å². The Kier molecular flexibility index (Phi) is 4.90. The number of anilines is 1. The third kappa shape index (κ3) is 3.25. The summed E-state index contributed by atoms with van der Waals surface area (Å²) in [7, 11) is 4.07. The first kappa shape index (κ1) is 15.1. The van der Waals surface area contributed by atoms with Crippen LogP contribution in [0.1, 0.15) is 17.0 Å². The van der Waals surface area contributed by atoms with Gasteiger partial charge in [-0.1, -0.05) is 51.8 Å². The molecule has 0 bridgehead atoms. The van der Waals surface area contributed by atoms with Gasteiger partial charge in [0.25, 0.3) is 0 Å². The molecule has 0 saturated heterocycles. The molecule has 20 heavy (non-hydrogen) atoms. The smallest absolute Gasteiger partial charge is 0.0417 e. The summed E-state index contributed by atoms with van der Waals surface area (Å²) in [4.78, 5) is 2.09. The quantitative estimate of drug-likeness (QED) is 0.659. The summed E-state index contributed by atoms with van der Waals surface area (Å²) in [6, 6.07) is 14.4. The average Bonchev–Trinajstić information content (AvgIpc) is 2.42. The van der Waals surface area contributed by atoms with Crippen LogP contribution in [-0.2, 0) is 0 Å². The molecule has 0 aromatic heterocycles. The molecule has 3 heteroatoms. The monoisotopic (exact) mass is 349 g/mol. The zero-order valence-corrected chi connectivity index (χ0v) is 13.9. The minimum atomic E-state index is 0.151. The average molecular weight is 351 g/mol. The van der Waals surface area contributed by atoms with Crippen molar-refractivity contribution in [3.8, 4) is 0 Å². The largest absolute Gasteiger partial charge is 0.378 e. The predicted octanol–water partition coefficient (Wildman–Crippen LogP) is 5.49. The van der Waals surface area contributed by atoms with Crippen LogP contribution in [0.25, 0.3) is 0 Å². The second-order valence-corrected chi connectivity index (χ2v) is 6.16. The van der Waals surface area contributed by atoms with Gasteiger partial charge in [0.05, 0.1) is 0 Å². The van der Waals surface area contributed by atoms with Gasteiger partial charge in [0.2, 0.25) is 0 Å². The number of nitrogens with zero attached hydrogens (tertiary/aromatic N) is 1. The Morgan fingerprint density at radius 2 is 1.80 bits per heavy atom. The van der Waals surface area contributed by atoms with Crippen molar-refractivity contribution in [1.82, 2.24) is 0 Å². The van der Waals surface area contributed by atoms with Crippen LogP contribution in [0.5, 0.6) is 0 Å². The number of allylic oxidation sites excluding steroid dienone is 1. The summed E-state index contributed by atoms with van der Waals surface area (Å²) < 4.78 is 1.01. The lowest BCUT2D eigenvalue weighted by atomic mass is 9.91. The van der Waals surface area contributed by atoms with Crippen LogP contribution in [-0.4, -0.2) is 14.1 Å². The second-order valence-electron chi connectivity index (χ2n) is 4.87. The molecule has 0 aliphatic carbocycles. The molecule has 0 heterocycles. The molecule has 0 radical (unpaired) electrons. The van der Waals surface area contributed by atoms with E-state index < -0.39 is 0 Å². The van der Waals surface area contributed by atoms with E-state index in [0.717, 1.165) is 9.50 Å². The van der Waals surface area contributed by atoms with Crippen LogP contribution in [0.15, 0.2) is 59.6 Å². The molecule has 104 valence electrons. The molecule has 0 aliphatic heterocycles. The van der Waals surface area contributed by atoms with Crippen LogP contribution in [0, 0.1) is 0 Å². The maximum absolute atomic E-state index is 6.01. The second kappa shape index (κ2) is 6.47. The minimum Gasteiger partial charge on any atom is -0.378 e. The molecule has 0 unspecified atom stereocenters. The zero-order valence-electron chi connectivity index (χ0n) is 11.6. The summed E-state index contributed by atoms with van der Waals surface area (Å²) in [5, 5.41) is 0.728. The van der Waals surface area contributed by atoms with Crippen molar-refractivity contribution >= 4 is 33.2 Å². The van der Waals surface area contributed by atoms with E-state index in [2.05, 4.69) is 51.7 Å². The van der Waals surface area contributed by atoms with Crippen molar-refractivity contribution in [2.45, 2.75) is 5.92 Å². The summed E-state index contributed by atoms with van der Waals surface area (Å²) in [6.07, 6.45) is 1.96. The molecule has 2 rings (SSSR count). The standard InChI is InChI=1S/C17H17BrClN/c1-4-15(16-10-7-13(19)11-17(16)18)12-5-8-14(9-6-12)20(2)3/h4-11,15H,1H2,2-3H3/t15-/m0/s1. The fourth-order valence-electron chi connectivity index (χ4n) is 2.18. The number of hydrogen-bond donors (Lipinski definition) is 0. The molecule has 1 atom stereocenters. The van der Waals surface area contributed by atoms with E-state index in [4.69, 9.17) is 11.6 Å². The number of rotatable bonds is 4. The van der Waals surface area contributed by atoms with Crippen LogP contribution in [0.3, 0.4) is 0 Å². The lowest BCUT2D eigenvalue weighted by molar-refractivity contribution is 1.02. The fraction of sp³-hybridized carbons (Fsp3) is 0.176. The molecular formula is C17H17BrClN. The van der Waals surface area contributed by atoms with Crippen LogP contribution in [0.2, 0.25) is 5.02 Å². The first-order valence-electron chi connectivity index (χ1n) is 6.37. The van der Waals surface area contributed by atoms with Crippen LogP contribution < -0.4 is 4.90 Å². The normalized spacial score (nSPS) is 12.0. The van der Waals surface area contributed by atoms with E-state index in [9.17, 15) is 0 Å². The topological polar surface area (TPSA) is 3.24 Å². The lowest BCUT2D eigenvalue weighted by Crippen LogP contribution is -2.08. The number of benzene rings is 2. The Hall–Kier alpha value is -1.25. The van der Waals surface area contributed by atoms with E-state index in [1.54, 1.807) is 0 Å². The zero-order chi connectivity index (χ0) is 14.7.